The maximum atomic E-state index is 13.3. The van der Waals surface area contributed by atoms with Crippen molar-refractivity contribution in [2.75, 3.05) is 52.5 Å². The predicted octanol–water partition coefficient (Wildman–Crippen LogP) is -0.132. The fraction of sp³-hybridized carbons (Fsp3) is 0.458. The van der Waals surface area contributed by atoms with Gasteiger partial charge in [0, 0.05) is 32.7 Å². The fourth-order valence-electron chi connectivity index (χ4n) is 4.32. The van der Waals surface area contributed by atoms with Gasteiger partial charge in [0.2, 0.25) is 21.8 Å². The Hall–Kier alpha value is -2.97. The minimum Gasteiger partial charge on any atom is -0.378 e. The average Bonchev–Trinajstić information content (AvgIpc) is 2.91. The second kappa shape index (κ2) is 13.2. The maximum Gasteiger partial charge on any atom is 0.241 e. The standard InChI is InChI=1S/C24H32N6O6S.ClH/c25-24(26)30-9-12-36-19(16-30)15-27-22(31)14-21(23(32)29-7-10-35-11-8-29)28-37(33,34)20-6-5-17-3-1-2-4-18(17)13-20;/h1-6,13,19,21,28H,7-12,14-16H2,(H3,25,26)(H,27,31);1H/t19?,21-;/m0./s1. The van der Waals surface area contributed by atoms with Crippen LogP contribution in [0.25, 0.3) is 10.8 Å². The van der Waals surface area contributed by atoms with E-state index in [1.165, 1.54) is 17.0 Å². The Balaban J connectivity index is 0.00000400. The molecule has 14 heteroatoms. The molecule has 12 nitrogen and oxygen atoms in total. The number of sulfonamides is 1. The van der Waals surface area contributed by atoms with Gasteiger partial charge in [-0.25, -0.2) is 8.42 Å². The Morgan fingerprint density at radius 1 is 1.05 bits per heavy atom. The number of amides is 2. The summed E-state index contributed by atoms with van der Waals surface area (Å²) < 4.78 is 39.9. The first-order valence-corrected chi connectivity index (χ1v) is 13.6. The highest BCUT2D eigenvalue weighted by molar-refractivity contribution is 7.89. The lowest BCUT2D eigenvalue weighted by molar-refractivity contribution is -0.139. The molecule has 2 saturated heterocycles. The molecule has 2 atom stereocenters. The van der Waals surface area contributed by atoms with Gasteiger partial charge < -0.3 is 30.3 Å². The van der Waals surface area contributed by atoms with E-state index in [0.717, 1.165) is 10.8 Å². The SMILES string of the molecule is Cl.N=C(N)N1CCOC(CNC(=O)C[C@H](NS(=O)(=O)c2ccc3ccccc3c2)C(=O)N2CCOCC2)C1. The molecule has 2 aliphatic heterocycles. The van der Waals surface area contributed by atoms with Crippen molar-refractivity contribution in [3.63, 3.8) is 0 Å². The molecule has 2 aromatic rings. The number of benzene rings is 2. The molecule has 38 heavy (non-hydrogen) atoms. The lowest BCUT2D eigenvalue weighted by Crippen LogP contribution is -2.54. The summed E-state index contributed by atoms with van der Waals surface area (Å²) in [6, 6.07) is 10.8. The number of carbonyl (C=O) groups excluding carboxylic acids is 2. The lowest BCUT2D eigenvalue weighted by atomic mass is 10.1. The van der Waals surface area contributed by atoms with Crippen molar-refractivity contribution >= 4 is 51.0 Å². The highest BCUT2D eigenvalue weighted by Crippen LogP contribution is 2.20. The summed E-state index contributed by atoms with van der Waals surface area (Å²) in [7, 11) is -4.11. The molecule has 5 N–H and O–H groups in total. The number of rotatable bonds is 8. The Bertz CT molecular complexity index is 1260. The minimum atomic E-state index is -4.11. The summed E-state index contributed by atoms with van der Waals surface area (Å²) in [5, 5.41) is 11.9. The third-order valence-corrected chi connectivity index (χ3v) is 7.81. The molecule has 0 aromatic heterocycles. The van der Waals surface area contributed by atoms with Gasteiger partial charge in [-0.05, 0) is 22.9 Å². The Morgan fingerprint density at radius 2 is 1.74 bits per heavy atom. The van der Waals surface area contributed by atoms with Crippen LogP contribution in [0.3, 0.4) is 0 Å². The lowest BCUT2D eigenvalue weighted by Gasteiger charge is -2.33. The van der Waals surface area contributed by atoms with E-state index < -0.39 is 27.9 Å². The van der Waals surface area contributed by atoms with Crippen molar-refractivity contribution in [2.24, 2.45) is 5.73 Å². The van der Waals surface area contributed by atoms with Crippen molar-refractivity contribution in [1.29, 1.82) is 5.41 Å². The Morgan fingerprint density at radius 3 is 2.45 bits per heavy atom. The highest BCUT2D eigenvalue weighted by Gasteiger charge is 2.32. The molecule has 208 valence electrons. The van der Waals surface area contributed by atoms with E-state index >= 15 is 0 Å². The van der Waals surface area contributed by atoms with Gasteiger partial charge in [0.25, 0.3) is 0 Å². The van der Waals surface area contributed by atoms with Gasteiger partial charge in [-0.3, -0.25) is 15.0 Å². The van der Waals surface area contributed by atoms with Crippen LogP contribution in [0.5, 0.6) is 0 Å². The number of nitrogens with two attached hydrogens (primary N) is 1. The molecule has 0 saturated carbocycles. The zero-order valence-corrected chi connectivity index (χ0v) is 22.4. The van der Waals surface area contributed by atoms with E-state index in [-0.39, 0.29) is 42.3 Å². The van der Waals surface area contributed by atoms with Crippen molar-refractivity contribution in [3.05, 3.63) is 42.5 Å². The van der Waals surface area contributed by atoms with Gasteiger partial charge in [0.15, 0.2) is 5.96 Å². The van der Waals surface area contributed by atoms with Crippen LogP contribution in [-0.2, 0) is 29.1 Å². The van der Waals surface area contributed by atoms with E-state index in [9.17, 15) is 18.0 Å². The molecule has 1 unspecified atom stereocenters. The van der Waals surface area contributed by atoms with Gasteiger partial charge in [-0.1, -0.05) is 30.3 Å². The Labute approximate surface area is 227 Å². The number of halogens is 1. The smallest absolute Gasteiger partial charge is 0.241 e. The van der Waals surface area contributed by atoms with Crippen LogP contribution in [0.15, 0.2) is 47.4 Å². The number of nitrogens with one attached hydrogen (secondary N) is 3. The molecule has 4 rings (SSSR count). The average molecular weight is 569 g/mol. The number of ether oxygens (including phenoxy) is 2. The van der Waals surface area contributed by atoms with E-state index in [1.54, 1.807) is 17.0 Å². The van der Waals surface area contributed by atoms with Crippen LogP contribution in [0, 0.1) is 5.41 Å². The first-order chi connectivity index (χ1) is 17.7. The summed E-state index contributed by atoms with van der Waals surface area (Å²) in [5.74, 6) is -1.06. The molecule has 0 radical (unpaired) electrons. The summed E-state index contributed by atoms with van der Waals surface area (Å²) in [6.07, 6.45) is -0.768. The van der Waals surface area contributed by atoms with Crippen LogP contribution in [0.4, 0.5) is 0 Å². The van der Waals surface area contributed by atoms with Crippen molar-refractivity contribution in [1.82, 2.24) is 19.8 Å². The van der Waals surface area contributed by atoms with Gasteiger partial charge in [-0.2, -0.15) is 4.72 Å². The van der Waals surface area contributed by atoms with E-state index in [2.05, 4.69) is 10.0 Å². The van der Waals surface area contributed by atoms with Crippen molar-refractivity contribution < 1.29 is 27.5 Å². The van der Waals surface area contributed by atoms with Gasteiger partial charge in [0.1, 0.15) is 6.04 Å². The molecule has 2 fully saturated rings. The quantitative estimate of drug-likeness (QED) is 0.252. The van der Waals surface area contributed by atoms with Gasteiger partial charge >= 0.3 is 0 Å². The number of carbonyl (C=O) groups is 2. The Kier molecular flexibility index (Phi) is 10.3. The first-order valence-electron chi connectivity index (χ1n) is 12.1. The number of nitrogens with zero attached hydrogens (tertiary/aromatic N) is 2. The second-order valence-corrected chi connectivity index (χ2v) is 10.7. The van der Waals surface area contributed by atoms with Crippen molar-refractivity contribution in [3.8, 4) is 0 Å². The summed E-state index contributed by atoms with van der Waals surface area (Å²) >= 11 is 0. The molecule has 2 aromatic carbocycles. The third-order valence-electron chi connectivity index (χ3n) is 6.35. The van der Waals surface area contributed by atoms with E-state index in [4.69, 9.17) is 20.6 Å². The number of hydrogen-bond donors (Lipinski definition) is 4. The van der Waals surface area contributed by atoms with Crippen LogP contribution >= 0.6 is 12.4 Å². The predicted molar refractivity (Wildman–Crippen MR) is 144 cm³/mol. The first kappa shape index (κ1) is 29.6. The maximum absolute atomic E-state index is 13.3. The van der Waals surface area contributed by atoms with Gasteiger partial charge in [-0.15, -0.1) is 12.4 Å². The normalized spacial score (nSPS) is 18.9. The van der Waals surface area contributed by atoms with Gasteiger partial charge in [0.05, 0.1) is 37.2 Å². The number of guanidine groups is 1. The van der Waals surface area contributed by atoms with E-state index in [1.807, 2.05) is 18.2 Å². The fourth-order valence-corrected chi connectivity index (χ4v) is 5.54. The molecule has 0 spiro atoms. The summed E-state index contributed by atoms with van der Waals surface area (Å²) in [5.41, 5.74) is 5.54. The molecule has 2 aliphatic rings. The van der Waals surface area contributed by atoms with Crippen LogP contribution in [-0.4, -0.2) is 101 Å². The zero-order chi connectivity index (χ0) is 26.4. The summed E-state index contributed by atoms with van der Waals surface area (Å²) in [6.45, 7) is 2.65. The molecular weight excluding hydrogens is 536 g/mol. The monoisotopic (exact) mass is 568 g/mol. The number of morpholine rings is 2. The molecule has 0 aliphatic carbocycles. The van der Waals surface area contributed by atoms with Crippen LogP contribution < -0.4 is 15.8 Å². The molecule has 2 heterocycles. The number of hydrogen-bond acceptors (Lipinski definition) is 7. The molecule has 2 amide bonds. The summed E-state index contributed by atoms with van der Waals surface area (Å²) in [4.78, 5) is 29.2. The largest absolute Gasteiger partial charge is 0.378 e. The van der Waals surface area contributed by atoms with Crippen LogP contribution in [0.1, 0.15) is 6.42 Å². The topological polar surface area (TPSA) is 167 Å². The second-order valence-electron chi connectivity index (χ2n) is 8.95. The van der Waals surface area contributed by atoms with Crippen molar-refractivity contribution in [2.45, 2.75) is 23.5 Å². The molecular formula is C24H33ClN6O6S. The highest BCUT2D eigenvalue weighted by atomic mass is 35.5. The molecule has 0 bridgehead atoms. The van der Waals surface area contributed by atoms with E-state index in [0.29, 0.717) is 46.0 Å². The third kappa shape index (κ3) is 7.54. The van der Waals surface area contributed by atoms with Crippen LogP contribution in [0.2, 0.25) is 0 Å². The number of fused-ring (bicyclic) bond motifs is 1. The minimum absolute atomic E-state index is 0. The zero-order valence-electron chi connectivity index (χ0n) is 20.8.